The van der Waals surface area contributed by atoms with Crippen LogP contribution >= 0.6 is 0 Å². The average molecular weight is 381 g/mol. The van der Waals surface area contributed by atoms with E-state index in [-0.39, 0.29) is 0 Å². The Kier molecular flexibility index (Phi) is 5.84. The fraction of sp³-hybridized carbons (Fsp3) is 0.190. The summed E-state index contributed by atoms with van der Waals surface area (Å²) < 4.78 is 19.5. The van der Waals surface area contributed by atoms with Gasteiger partial charge in [-0.2, -0.15) is 5.10 Å². The van der Waals surface area contributed by atoms with Crippen LogP contribution in [0.25, 0.3) is 11.3 Å². The monoisotopic (exact) mass is 381 g/mol. The normalized spacial score (nSPS) is 11.7. The third kappa shape index (κ3) is 4.43. The molecule has 1 N–H and O–H groups in total. The van der Waals surface area contributed by atoms with Crippen LogP contribution in [0.2, 0.25) is 0 Å². The molecule has 6 nitrogen and oxygen atoms in total. The van der Waals surface area contributed by atoms with E-state index in [1.807, 2.05) is 31.2 Å². The summed E-state index contributed by atoms with van der Waals surface area (Å²) in [5.41, 5.74) is 1.40. The predicted octanol–water partition coefficient (Wildman–Crippen LogP) is 3.65. The van der Waals surface area contributed by atoms with Gasteiger partial charge in [0.1, 0.15) is 17.6 Å². The maximum atomic E-state index is 13.0. The number of carbonyl (C=O) groups is 1. The van der Waals surface area contributed by atoms with E-state index in [4.69, 9.17) is 4.74 Å². The van der Waals surface area contributed by atoms with Crippen molar-refractivity contribution >= 4 is 11.6 Å². The number of nitrogens with one attached hydrogen (secondary N) is 1. The van der Waals surface area contributed by atoms with E-state index >= 15 is 0 Å². The second-order valence-electron chi connectivity index (χ2n) is 6.13. The molecule has 144 valence electrons. The van der Waals surface area contributed by atoms with Gasteiger partial charge in [-0.1, -0.05) is 0 Å². The molecule has 2 aromatic carbocycles. The topological polar surface area (TPSA) is 73.2 Å². The third-order valence-corrected chi connectivity index (χ3v) is 4.14. The van der Waals surface area contributed by atoms with E-state index in [0.29, 0.717) is 18.0 Å². The largest absolute Gasteiger partial charge is 0.494 e. The number of nitrogens with zero attached hydrogens (tertiary/aromatic N) is 2. The summed E-state index contributed by atoms with van der Waals surface area (Å²) >= 11 is 0. The maximum absolute atomic E-state index is 13.0. The third-order valence-electron chi connectivity index (χ3n) is 4.14. The summed E-state index contributed by atoms with van der Waals surface area (Å²) in [5, 5.41) is 6.99. The minimum atomic E-state index is -0.847. The minimum Gasteiger partial charge on any atom is -0.494 e. The van der Waals surface area contributed by atoms with Crippen molar-refractivity contribution in [2.45, 2.75) is 19.9 Å². The first-order valence-corrected chi connectivity index (χ1v) is 8.87. The number of hydrogen-bond acceptors (Lipinski definition) is 4. The molecule has 1 amide bonds. The van der Waals surface area contributed by atoms with Gasteiger partial charge in [0.15, 0.2) is 0 Å². The van der Waals surface area contributed by atoms with Gasteiger partial charge in [0.05, 0.1) is 12.3 Å². The number of aromatic nitrogens is 2. The lowest BCUT2D eigenvalue weighted by atomic mass is 10.1. The Morgan fingerprint density at radius 3 is 2.43 bits per heavy atom. The van der Waals surface area contributed by atoms with Crippen LogP contribution in [-0.2, 0) is 4.79 Å². The molecular weight excluding hydrogens is 361 g/mol. The molecule has 0 bridgehead atoms. The highest BCUT2D eigenvalue weighted by molar-refractivity contribution is 5.93. The van der Waals surface area contributed by atoms with Crippen molar-refractivity contribution in [3.8, 4) is 17.0 Å². The van der Waals surface area contributed by atoms with Crippen LogP contribution in [0.1, 0.15) is 19.9 Å². The molecule has 1 atom stereocenters. The summed E-state index contributed by atoms with van der Waals surface area (Å²) in [7, 11) is 0. The van der Waals surface area contributed by atoms with E-state index in [1.54, 1.807) is 13.0 Å². The van der Waals surface area contributed by atoms with Crippen molar-refractivity contribution in [3.05, 3.63) is 76.8 Å². The zero-order chi connectivity index (χ0) is 20.1. The highest BCUT2D eigenvalue weighted by Gasteiger charge is 2.18. The Hall–Kier alpha value is -3.48. The van der Waals surface area contributed by atoms with Crippen molar-refractivity contribution in [2.24, 2.45) is 0 Å². The molecule has 28 heavy (non-hydrogen) atoms. The molecule has 0 saturated heterocycles. The van der Waals surface area contributed by atoms with Crippen molar-refractivity contribution in [3.63, 3.8) is 0 Å². The summed E-state index contributed by atoms with van der Waals surface area (Å²) in [5.74, 6) is -0.0799. The van der Waals surface area contributed by atoms with Crippen molar-refractivity contribution in [1.82, 2.24) is 9.78 Å². The SMILES string of the molecule is CCOc1ccc(-c2ccc(=O)n(C(C)C(=O)Nc3ccc(F)cc3)n2)cc1. The number of carbonyl (C=O) groups excluding carboxylic acids is 1. The van der Waals surface area contributed by atoms with Gasteiger partial charge in [0, 0.05) is 17.3 Å². The number of benzene rings is 2. The van der Waals surface area contributed by atoms with Crippen LogP contribution in [-0.4, -0.2) is 22.3 Å². The quantitative estimate of drug-likeness (QED) is 0.707. The molecule has 7 heteroatoms. The molecule has 0 aliphatic rings. The number of hydrogen-bond donors (Lipinski definition) is 1. The molecule has 0 spiro atoms. The highest BCUT2D eigenvalue weighted by Crippen LogP contribution is 2.20. The number of rotatable bonds is 6. The summed E-state index contributed by atoms with van der Waals surface area (Å²) in [6.45, 7) is 4.06. The van der Waals surface area contributed by atoms with Gasteiger partial charge >= 0.3 is 0 Å². The lowest BCUT2D eigenvalue weighted by Gasteiger charge is -2.15. The first-order valence-electron chi connectivity index (χ1n) is 8.87. The molecule has 3 aromatic rings. The molecule has 0 aliphatic carbocycles. The number of anilines is 1. The van der Waals surface area contributed by atoms with Crippen LogP contribution in [0, 0.1) is 5.82 Å². The highest BCUT2D eigenvalue weighted by atomic mass is 19.1. The summed E-state index contributed by atoms with van der Waals surface area (Å²) in [4.78, 5) is 24.7. The molecule has 1 heterocycles. The van der Waals surface area contributed by atoms with Crippen LogP contribution in [0.5, 0.6) is 5.75 Å². The van der Waals surface area contributed by atoms with E-state index < -0.39 is 23.3 Å². The number of halogens is 1. The number of ether oxygens (including phenoxy) is 1. The average Bonchev–Trinajstić information content (AvgIpc) is 2.70. The zero-order valence-corrected chi connectivity index (χ0v) is 15.6. The van der Waals surface area contributed by atoms with Crippen LogP contribution in [0.15, 0.2) is 65.5 Å². The maximum Gasteiger partial charge on any atom is 0.267 e. The Morgan fingerprint density at radius 2 is 1.79 bits per heavy atom. The van der Waals surface area contributed by atoms with Crippen molar-refractivity contribution in [1.29, 1.82) is 0 Å². The molecule has 0 radical (unpaired) electrons. The van der Waals surface area contributed by atoms with E-state index in [0.717, 1.165) is 16.0 Å². The van der Waals surface area contributed by atoms with Gasteiger partial charge in [0.2, 0.25) is 5.91 Å². The van der Waals surface area contributed by atoms with Gasteiger partial charge in [-0.05, 0) is 68.4 Å². The molecule has 1 aromatic heterocycles. The second kappa shape index (κ2) is 8.47. The fourth-order valence-corrected chi connectivity index (χ4v) is 2.64. The molecule has 0 fully saturated rings. The van der Waals surface area contributed by atoms with Crippen molar-refractivity contribution < 1.29 is 13.9 Å². The lowest BCUT2D eigenvalue weighted by molar-refractivity contribution is -0.119. The van der Waals surface area contributed by atoms with Gasteiger partial charge in [-0.3, -0.25) is 9.59 Å². The molecular formula is C21H20FN3O3. The molecule has 0 saturated carbocycles. The summed E-state index contributed by atoms with van der Waals surface area (Å²) in [6.07, 6.45) is 0. The van der Waals surface area contributed by atoms with E-state index in [2.05, 4.69) is 10.4 Å². The zero-order valence-electron chi connectivity index (χ0n) is 15.6. The Labute approximate surface area is 161 Å². The van der Waals surface area contributed by atoms with Gasteiger partial charge in [-0.25, -0.2) is 9.07 Å². The lowest BCUT2D eigenvalue weighted by Crippen LogP contribution is -2.33. The van der Waals surface area contributed by atoms with Crippen LogP contribution in [0.3, 0.4) is 0 Å². The molecule has 3 rings (SSSR count). The summed E-state index contributed by atoms with van der Waals surface area (Å²) in [6, 6.07) is 14.9. The predicted molar refractivity (Wildman–Crippen MR) is 105 cm³/mol. The Balaban J connectivity index is 1.82. The van der Waals surface area contributed by atoms with Gasteiger partial charge in [0.25, 0.3) is 5.56 Å². The number of amides is 1. The van der Waals surface area contributed by atoms with Crippen LogP contribution in [0.4, 0.5) is 10.1 Å². The smallest absolute Gasteiger partial charge is 0.267 e. The molecule has 0 aliphatic heterocycles. The fourth-order valence-electron chi connectivity index (χ4n) is 2.64. The molecule has 1 unspecified atom stereocenters. The first kappa shape index (κ1) is 19.3. The van der Waals surface area contributed by atoms with E-state index in [9.17, 15) is 14.0 Å². The standard InChI is InChI=1S/C21H20FN3O3/c1-3-28-18-10-4-15(5-11-18)19-12-13-20(26)25(24-19)14(2)21(27)23-17-8-6-16(22)7-9-17/h4-14H,3H2,1-2H3,(H,23,27). The van der Waals surface area contributed by atoms with Crippen molar-refractivity contribution in [2.75, 3.05) is 11.9 Å². The Bertz CT molecular complexity index is 1010. The van der Waals surface area contributed by atoms with Gasteiger partial charge in [-0.15, -0.1) is 0 Å². The first-order chi connectivity index (χ1) is 13.5. The minimum absolute atomic E-state index is 0.392. The van der Waals surface area contributed by atoms with E-state index in [1.165, 1.54) is 30.3 Å². The van der Waals surface area contributed by atoms with Gasteiger partial charge < -0.3 is 10.1 Å². The second-order valence-corrected chi connectivity index (χ2v) is 6.13. The van der Waals surface area contributed by atoms with Crippen LogP contribution < -0.4 is 15.6 Å². The Morgan fingerprint density at radius 1 is 1.11 bits per heavy atom.